The number of benzene rings is 2. The van der Waals surface area contributed by atoms with Crippen LogP contribution in [0.4, 0.5) is 0 Å². The third kappa shape index (κ3) is 2.21. The van der Waals surface area contributed by atoms with Crippen molar-refractivity contribution in [3.05, 3.63) is 64.7 Å². The number of carbonyl (C=O) groups excluding carboxylic acids is 2. The van der Waals surface area contributed by atoms with Crippen molar-refractivity contribution >= 4 is 21.6 Å². The lowest BCUT2D eigenvalue weighted by molar-refractivity contribution is 0.0600. The maximum Gasteiger partial charge on any atom is 0.337 e. The number of esters is 1. The molecule has 0 aliphatic carbocycles. The van der Waals surface area contributed by atoms with Gasteiger partial charge >= 0.3 is 5.97 Å². The molecule has 0 aromatic heterocycles. The van der Waals surface area contributed by atoms with Crippen molar-refractivity contribution in [1.29, 1.82) is 0 Å². The fourth-order valence-electron chi connectivity index (χ4n) is 2.51. The van der Waals surface area contributed by atoms with Crippen LogP contribution in [-0.4, -0.2) is 27.3 Å². The highest BCUT2D eigenvalue weighted by atomic mass is 32.2. The zero-order valence-electron chi connectivity index (χ0n) is 11.7. The van der Waals surface area contributed by atoms with Crippen LogP contribution in [0.5, 0.6) is 0 Å². The molecule has 0 atom stereocenters. The summed E-state index contributed by atoms with van der Waals surface area (Å²) in [4.78, 5) is 24.1. The molecule has 1 heterocycles. The van der Waals surface area contributed by atoms with Gasteiger partial charge in [-0.1, -0.05) is 24.3 Å². The lowest BCUT2D eigenvalue weighted by atomic mass is 9.98. The third-order valence-electron chi connectivity index (χ3n) is 3.59. The maximum absolute atomic E-state index is 12.6. The first-order chi connectivity index (χ1) is 10.4. The summed E-state index contributed by atoms with van der Waals surface area (Å²) in [6.45, 7) is 0. The van der Waals surface area contributed by atoms with Crippen molar-refractivity contribution in [2.24, 2.45) is 0 Å². The molecule has 112 valence electrons. The van der Waals surface area contributed by atoms with E-state index in [4.69, 9.17) is 0 Å². The Hall–Kier alpha value is -2.47. The monoisotopic (exact) mass is 316 g/mol. The number of methoxy groups -OCH3 is 1. The first kappa shape index (κ1) is 14.5. The number of ether oxygens (including phenoxy) is 1. The van der Waals surface area contributed by atoms with Crippen molar-refractivity contribution in [2.45, 2.75) is 10.6 Å². The molecule has 0 N–H and O–H groups in total. The minimum absolute atomic E-state index is 0.0811. The Morgan fingerprint density at radius 2 is 1.82 bits per heavy atom. The first-order valence-electron chi connectivity index (χ1n) is 6.52. The maximum atomic E-state index is 12.6. The molecule has 2 aromatic rings. The van der Waals surface area contributed by atoms with Crippen molar-refractivity contribution in [2.75, 3.05) is 7.11 Å². The van der Waals surface area contributed by atoms with Crippen molar-refractivity contribution < 1.29 is 22.7 Å². The SMILES string of the molecule is COC(=O)c1ccc2c(c1)S(=O)(=O)Cc1ccccc1C2=O. The quantitative estimate of drug-likeness (QED) is 0.752. The van der Waals surface area contributed by atoms with E-state index in [0.717, 1.165) is 0 Å². The van der Waals surface area contributed by atoms with Crippen molar-refractivity contribution in [1.82, 2.24) is 0 Å². The van der Waals surface area contributed by atoms with E-state index < -0.39 is 15.8 Å². The minimum Gasteiger partial charge on any atom is -0.465 e. The van der Waals surface area contributed by atoms with Gasteiger partial charge in [-0.2, -0.15) is 0 Å². The van der Waals surface area contributed by atoms with Gasteiger partial charge in [0.2, 0.25) is 0 Å². The molecular formula is C16H12O5S. The molecular weight excluding hydrogens is 304 g/mol. The van der Waals surface area contributed by atoms with E-state index in [-0.39, 0.29) is 27.6 Å². The van der Waals surface area contributed by atoms with Gasteiger partial charge in [-0.05, 0) is 23.8 Å². The van der Waals surface area contributed by atoms with Crippen LogP contribution < -0.4 is 0 Å². The van der Waals surface area contributed by atoms with Crippen LogP contribution >= 0.6 is 0 Å². The Kier molecular flexibility index (Phi) is 3.33. The van der Waals surface area contributed by atoms with E-state index >= 15 is 0 Å². The highest BCUT2D eigenvalue weighted by Gasteiger charge is 2.30. The second-order valence-electron chi connectivity index (χ2n) is 4.95. The van der Waals surface area contributed by atoms with Crippen LogP contribution in [0.25, 0.3) is 0 Å². The van der Waals surface area contributed by atoms with Gasteiger partial charge in [-0.3, -0.25) is 4.79 Å². The largest absolute Gasteiger partial charge is 0.465 e. The Labute approximate surface area is 127 Å². The number of sulfone groups is 1. The van der Waals surface area contributed by atoms with Gasteiger partial charge in [-0.25, -0.2) is 13.2 Å². The molecule has 22 heavy (non-hydrogen) atoms. The molecule has 0 fully saturated rings. The smallest absolute Gasteiger partial charge is 0.337 e. The van der Waals surface area contributed by atoms with E-state index in [1.165, 1.54) is 25.3 Å². The molecule has 0 spiro atoms. The van der Waals surface area contributed by atoms with Crippen LogP contribution in [-0.2, 0) is 20.3 Å². The Morgan fingerprint density at radius 1 is 1.09 bits per heavy atom. The van der Waals surface area contributed by atoms with Gasteiger partial charge in [-0.15, -0.1) is 0 Å². The van der Waals surface area contributed by atoms with Crippen LogP contribution in [0.2, 0.25) is 0 Å². The molecule has 6 heteroatoms. The second kappa shape index (κ2) is 5.06. The fourth-order valence-corrected chi connectivity index (χ4v) is 4.13. The average molecular weight is 316 g/mol. The van der Waals surface area contributed by atoms with Gasteiger partial charge < -0.3 is 4.74 Å². The van der Waals surface area contributed by atoms with Crippen LogP contribution in [0, 0.1) is 0 Å². The zero-order valence-corrected chi connectivity index (χ0v) is 12.5. The molecule has 0 unspecified atom stereocenters. The Balaban J connectivity index is 2.28. The van der Waals surface area contributed by atoms with Gasteiger partial charge in [0, 0.05) is 11.1 Å². The average Bonchev–Trinajstić information content (AvgIpc) is 2.60. The lowest BCUT2D eigenvalue weighted by Crippen LogP contribution is -2.10. The number of carbonyl (C=O) groups is 2. The Bertz CT molecular complexity index is 897. The number of hydrogen-bond acceptors (Lipinski definition) is 5. The molecule has 0 saturated carbocycles. The summed E-state index contributed by atoms with van der Waals surface area (Å²) in [7, 11) is -2.51. The number of hydrogen-bond donors (Lipinski definition) is 0. The van der Waals surface area contributed by atoms with Crippen LogP contribution in [0.1, 0.15) is 31.8 Å². The fraction of sp³-hybridized carbons (Fsp3) is 0.125. The minimum atomic E-state index is -3.72. The summed E-state index contributed by atoms with van der Waals surface area (Å²) in [6, 6.07) is 10.6. The topological polar surface area (TPSA) is 77.5 Å². The standard InChI is InChI=1S/C16H12O5S/c1-21-16(18)10-6-7-13-14(8-10)22(19,20)9-11-4-2-3-5-12(11)15(13)17/h2-8H,9H2,1H3. The summed E-state index contributed by atoms with van der Waals surface area (Å²) < 4.78 is 29.7. The predicted octanol–water partition coefficient (Wildman–Crippen LogP) is 1.99. The summed E-state index contributed by atoms with van der Waals surface area (Å²) in [5.41, 5.74) is 1.01. The Morgan fingerprint density at radius 3 is 2.55 bits per heavy atom. The van der Waals surface area contributed by atoms with Crippen LogP contribution in [0.3, 0.4) is 0 Å². The van der Waals surface area contributed by atoms with E-state index in [9.17, 15) is 18.0 Å². The molecule has 1 aliphatic heterocycles. The van der Waals surface area contributed by atoms with E-state index in [2.05, 4.69) is 4.74 Å². The lowest BCUT2D eigenvalue weighted by Gasteiger charge is -2.07. The highest BCUT2D eigenvalue weighted by Crippen LogP contribution is 2.30. The molecule has 0 bridgehead atoms. The van der Waals surface area contributed by atoms with Crippen molar-refractivity contribution in [3.8, 4) is 0 Å². The number of rotatable bonds is 1. The van der Waals surface area contributed by atoms with Crippen molar-refractivity contribution in [3.63, 3.8) is 0 Å². The molecule has 0 amide bonds. The molecule has 5 nitrogen and oxygen atoms in total. The van der Waals surface area contributed by atoms with Gasteiger partial charge in [0.25, 0.3) is 0 Å². The normalized spacial score (nSPS) is 15.4. The van der Waals surface area contributed by atoms with E-state index in [0.29, 0.717) is 11.1 Å². The van der Waals surface area contributed by atoms with E-state index in [1.807, 2.05) is 0 Å². The summed E-state index contributed by atoms with van der Waals surface area (Å²) in [5.74, 6) is -1.28. The molecule has 3 rings (SSSR count). The van der Waals surface area contributed by atoms with Gasteiger partial charge in [0.05, 0.1) is 23.3 Å². The first-order valence-corrected chi connectivity index (χ1v) is 8.17. The number of fused-ring (bicyclic) bond motifs is 2. The predicted molar refractivity (Wildman–Crippen MR) is 78.5 cm³/mol. The van der Waals surface area contributed by atoms with Crippen LogP contribution in [0.15, 0.2) is 47.4 Å². The summed E-state index contributed by atoms with van der Waals surface area (Å²) >= 11 is 0. The number of ketones is 1. The zero-order chi connectivity index (χ0) is 15.9. The molecule has 1 aliphatic rings. The molecule has 2 aromatic carbocycles. The van der Waals surface area contributed by atoms with Gasteiger partial charge in [0.1, 0.15) is 0 Å². The second-order valence-corrected chi connectivity index (χ2v) is 6.91. The van der Waals surface area contributed by atoms with Gasteiger partial charge in [0.15, 0.2) is 15.6 Å². The molecule has 0 saturated heterocycles. The molecule has 0 radical (unpaired) electrons. The third-order valence-corrected chi connectivity index (χ3v) is 5.29. The summed E-state index contributed by atoms with van der Waals surface area (Å²) in [6.07, 6.45) is 0. The van der Waals surface area contributed by atoms with E-state index in [1.54, 1.807) is 24.3 Å². The highest BCUT2D eigenvalue weighted by molar-refractivity contribution is 7.90. The summed E-state index contributed by atoms with van der Waals surface area (Å²) in [5, 5.41) is 0.